The number of anilines is 1. The number of rotatable bonds is 4. The molecule has 1 aromatic rings. The van der Waals surface area contributed by atoms with Gasteiger partial charge < -0.3 is 10.5 Å². The molecule has 0 fully saturated rings. The Morgan fingerprint density at radius 2 is 2.33 bits per heavy atom. The van der Waals surface area contributed by atoms with Crippen LogP contribution < -0.4 is 5.73 Å². The number of hydrogen-bond acceptors (Lipinski definition) is 4. The number of ether oxygens (including phenoxy) is 1. The Morgan fingerprint density at radius 3 is 3.00 bits per heavy atom. The van der Waals surface area contributed by atoms with E-state index < -0.39 is 0 Å². The minimum absolute atomic E-state index is 0.220. The maximum atomic E-state index is 11.1. The lowest BCUT2D eigenvalue weighted by atomic mass is 10.3. The topological polar surface area (TPSA) is 52.3 Å². The first-order valence-electron chi connectivity index (χ1n) is 4.47. The Balaban J connectivity index is 2.57. The van der Waals surface area contributed by atoms with Crippen LogP contribution in [0.2, 0.25) is 0 Å². The summed E-state index contributed by atoms with van der Waals surface area (Å²) < 4.78 is 5.77. The molecule has 0 aliphatic rings. The summed E-state index contributed by atoms with van der Waals surface area (Å²) in [6, 6.07) is 5.56. The summed E-state index contributed by atoms with van der Waals surface area (Å²) in [6.07, 6.45) is 0. The quantitative estimate of drug-likeness (QED) is 0.526. The van der Waals surface area contributed by atoms with Gasteiger partial charge in [0, 0.05) is 15.1 Å². The SMILES string of the molecule is CCOC(=O)CSc1cc(Br)ccc1N. The number of halogens is 1. The van der Waals surface area contributed by atoms with Crippen molar-refractivity contribution in [2.75, 3.05) is 18.1 Å². The molecule has 0 aromatic heterocycles. The minimum atomic E-state index is -0.220. The third kappa shape index (κ3) is 4.13. The van der Waals surface area contributed by atoms with Crippen molar-refractivity contribution in [3.63, 3.8) is 0 Å². The average molecular weight is 290 g/mol. The molecule has 0 heterocycles. The summed E-state index contributed by atoms with van der Waals surface area (Å²) in [7, 11) is 0. The van der Waals surface area contributed by atoms with E-state index in [9.17, 15) is 4.79 Å². The molecule has 5 heteroatoms. The summed E-state index contributed by atoms with van der Waals surface area (Å²) in [5.41, 5.74) is 6.43. The standard InChI is InChI=1S/C10H12BrNO2S/c1-2-14-10(13)6-15-9-5-7(11)3-4-8(9)12/h3-5H,2,6,12H2,1H3. The van der Waals surface area contributed by atoms with Gasteiger partial charge in [-0.05, 0) is 25.1 Å². The Kier molecular flexibility index (Phi) is 4.98. The molecule has 82 valence electrons. The van der Waals surface area contributed by atoms with E-state index in [1.165, 1.54) is 11.8 Å². The second-order valence-corrected chi connectivity index (χ2v) is 4.71. The van der Waals surface area contributed by atoms with Gasteiger partial charge in [-0.1, -0.05) is 15.9 Å². The molecule has 0 spiro atoms. The third-order valence-corrected chi connectivity index (χ3v) is 3.16. The van der Waals surface area contributed by atoms with E-state index in [2.05, 4.69) is 15.9 Å². The minimum Gasteiger partial charge on any atom is -0.465 e. The Labute approximate surface area is 101 Å². The molecular weight excluding hydrogens is 278 g/mol. The summed E-state index contributed by atoms with van der Waals surface area (Å²) in [4.78, 5) is 12.0. The molecule has 3 nitrogen and oxygen atoms in total. The lowest BCUT2D eigenvalue weighted by Crippen LogP contribution is -2.06. The van der Waals surface area contributed by atoms with Gasteiger partial charge >= 0.3 is 5.97 Å². The van der Waals surface area contributed by atoms with Crippen LogP contribution in [-0.2, 0) is 9.53 Å². The molecule has 0 radical (unpaired) electrons. The summed E-state index contributed by atoms with van der Waals surface area (Å²) in [5, 5.41) is 0. The van der Waals surface area contributed by atoms with Crippen LogP contribution in [0.15, 0.2) is 27.6 Å². The van der Waals surface area contributed by atoms with E-state index in [0.29, 0.717) is 12.3 Å². The van der Waals surface area contributed by atoms with Gasteiger partial charge in [-0.2, -0.15) is 0 Å². The molecule has 0 saturated carbocycles. The monoisotopic (exact) mass is 289 g/mol. The lowest BCUT2D eigenvalue weighted by Gasteiger charge is -2.05. The van der Waals surface area contributed by atoms with Crippen LogP contribution in [0.3, 0.4) is 0 Å². The van der Waals surface area contributed by atoms with Crippen LogP contribution in [0.1, 0.15) is 6.92 Å². The van der Waals surface area contributed by atoms with Crippen LogP contribution in [0.4, 0.5) is 5.69 Å². The molecule has 0 unspecified atom stereocenters. The predicted molar refractivity (Wildman–Crippen MR) is 65.9 cm³/mol. The number of esters is 1. The number of benzene rings is 1. The van der Waals surface area contributed by atoms with Crippen molar-refractivity contribution in [1.82, 2.24) is 0 Å². The molecule has 1 rings (SSSR count). The normalized spacial score (nSPS) is 10.0. The van der Waals surface area contributed by atoms with E-state index in [-0.39, 0.29) is 11.7 Å². The number of carbonyl (C=O) groups excluding carboxylic acids is 1. The largest absolute Gasteiger partial charge is 0.465 e. The van der Waals surface area contributed by atoms with Crippen LogP contribution in [0.25, 0.3) is 0 Å². The first-order valence-corrected chi connectivity index (χ1v) is 6.24. The molecule has 15 heavy (non-hydrogen) atoms. The van der Waals surface area contributed by atoms with Crippen molar-refractivity contribution < 1.29 is 9.53 Å². The van der Waals surface area contributed by atoms with Gasteiger partial charge in [0.05, 0.1) is 12.4 Å². The number of nitrogens with two attached hydrogens (primary N) is 1. The van der Waals surface area contributed by atoms with Crippen molar-refractivity contribution >= 4 is 39.3 Å². The van der Waals surface area contributed by atoms with Gasteiger partial charge in [0.2, 0.25) is 0 Å². The smallest absolute Gasteiger partial charge is 0.316 e. The molecule has 0 aliphatic carbocycles. The van der Waals surface area contributed by atoms with Crippen molar-refractivity contribution in [1.29, 1.82) is 0 Å². The van der Waals surface area contributed by atoms with Gasteiger partial charge in [0.1, 0.15) is 0 Å². The molecule has 1 aromatic carbocycles. The fraction of sp³-hybridized carbons (Fsp3) is 0.300. The summed E-state index contributed by atoms with van der Waals surface area (Å²) in [5.74, 6) is 0.0657. The van der Waals surface area contributed by atoms with E-state index >= 15 is 0 Å². The molecule has 0 bridgehead atoms. The Morgan fingerprint density at radius 1 is 1.60 bits per heavy atom. The van der Waals surface area contributed by atoms with Crippen LogP contribution in [-0.4, -0.2) is 18.3 Å². The maximum absolute atomic E-state index is 11.1. The summed E-state index contributed by atoms with van der Waals surface area (Å²) >= 11 is 4.73. The van der Waals surface area contributed by atoms with Gasteiger partial charge in [-0.3, -0.25) is 4.79 Å². The fourth-order valence-corrected chi connectivity index (χ4v) is 2.29. The van der Waals surface area contributed by atoms with Gasteiger partial charge in [0.15, 0.2) is 0 Å². The third-order valence-electron chi connectivity index (χ3n) is 1.63. The Hall–Kier alpha value is -0.680. The Bertz CT molecular complexity index is 357. The first-order chi connectivity index (χ1) is 7.13. The lowest BCUT2D eigenvalue weighted by molar-refractivity contribution is -0.139. The van der Waals surface area contributed by atoms with Crippen molar-refractivity contribution in [3.05, 3.63) is 22.7 Å². The van der Waals surface area contributed by atoms with Crippen molar-refractivity contribution in [2.24, 2.45) is 0 Å². The average Bonchev–Trinajstić information content (AvgIpc) is 2.20. The molecule has 0 aliphatic heterocycles. The molecular formula is C10H12BrNO2S. The van der Waals surface area contributed by atoms with E-state index in [1.54, 1.807) is 13.0 Å². The van der Waals surface area contributed by atoms with Crippen LogP contribution >= 0.6 is 27.7 Å². The number of nitrogen functional groups attached to an aromatic ring is 1. The highest BCUT2D eigenvalue weighted by Crippen LogP contribution is 2.28. The zero-order valence-corrected chi connectivity index (χ0v) is 10.7. The van der Waals surface area contributed by atoms with Crippen molar-refractivity contribution in [2.45, 2.75) is 11.8 Å². The van der Waals surface area contributed by atoms with Gasteiger partial charge in [-0.25, -0.2) is 0 Å². The second-order valence-electron chi connectivity index (χ2n) is 2.78. The molecule has 0 amide bonds. The second kappa shape index (κ2) is 6.02. The van der Waals surface area contributed by atoms with Crippen LogP contribution in [0, 0.1) is 0 Å². The molecule has 0 atom stereocenters. The van der Waals surface area contributed by atoms with Gasteiger partial charge in [0.25, 0.3) is 0 Å². The van der Waals surface area contributed by atoms with E-state index in [4.69, 9.17) is 10.5 Å². The molecule has 2 N–H and O–H groups in total. The van der Waals surface area contributed by atoms with E-state index in [0.717, 1.165) is 9.37 Å². The zero-order chi connectivity index (χ0) is 11.3. The molecule has 0 saturated heterocycles. The number of hydrogen-bond donors (Lipinski definition) is 1. The predicted octanol–water partition coefficient (Wildman–Crippen LogP) is 2.69. The number of thioether (sulfide) groups is 1. The summed E-state index contributed by atoms with van der Waals surface area (Å²) in [6.45, 7) is 2.20. The van der Waals surface area contributed by atoms with Crippen molar-refractivity contribution in [3.8, 4) is 0 Å². The maximum Gasteiger partial charge on any atom is 0.316 e. The zero-order valence-electron chi connectivity index (χ0n) is 8.33. The van der Waals surface area contributed by atoms with Gasteiger partial charge in [-0.15, -0.1) is 11.8 Å². The highest BCUT2D eigenvalue weighted by Gasteiger charge is 2.06. The first kappa shape index (κ1) is 12.4. The number of carbonyl (C=O) groups is 1. The highest BCUT2D eigenvalue weighted by molar-refractivity contribution is 9.10. The van der Waals surface area contributed by atoms with E-state index in [1.807, 2.05) is 12.1 Å². The fourth-order valence-electron chi connectivity index (χ4n) is 0.973. The van der Waals surface area contributed by atoms with Crippen LogP contribution in [0.5, 0.6) is 0 Å². The highest BCUT2D eigenvalue weighted by atomic mass is 79.9.